The molecular formula is C10H13NO3. The number of ether oxygens (including phenoxy) is 1. The van der Waals surface area contributed by atoms with Crippen LogP contribution in [0.15, 0.2) is 18.2 Å². The second-order valence-corrected chi connectivity index (χ2v) is 3.55. The molecule has 0 aromatic heterocycles. The molecule has 4 heteroatoms. The maximum absolute atomic E-state index is 10.4. The van der Waals surface area contributed by atoms with Gasteiger partial charge in [-0.15, -0.1) is 0 Å². The van der Waals surface area contributed by atoms with Crippen LogP contribution in [0, 0.1) is 0 Å². The molecule has 0 fully saturated rings. The summed E-state index contributed by atoms with van der Waals surface area (Å²) in [7, 11) is 0. The molecule has 1 rings (SSSR count). The van der Waals surface area contributed by atoms with Gasteiger partial charge in [0.05, 0.1) is 0 Å². The number of aldehydes is 1. The third-order valence-electron chi connectivity index (χ3n) is 1.49. The Hall–Kier alpha value is -1.55. The lowest BCUT2D eigenvalue weighted by Gasteiger charge is -2.21. The zero-order chi connectivity index (χ0) is 10.8. The van der Waals surface area contributed by atoms with Gasteiger partial charge in [-0.25, -0.2) is 0 Å². The van der Waals surface area contributed by atoms with Crippen molar-refractivity contribution in [3.05, 3.63) is 23.8 Å². The Kier molecular flexibility index (Phi) is 2.76. The average Bonchev–Trinajstić information content (AvgIpc) is 2.06. The highest BCUT2D eigenvalue weighted by Gasteiger charge is 2.14. The van der Waals surface area contributed by atoms with Crippen molar-refractivity contribution in [1.82, 2.24) is 0 Å². The minimum atomic E-state index is -0.861. The molecule has 0 aliphatic heterocycles. The summed E-state index contributed by atoms with van der Waals surface area (Å²) in [6, 6.07) is 4.38. The minimum Gasteiger partial charge on any atom is -0.504 e. The second kappa shape index (κ2) is 3.67. The Bertz CT molecular complexity index is 342. The van der Waals surface area contributed by atoms with Crippen molar-refractivity contribution >= 4 is 6.29 Å². The quantitative estimate of drug-likeness (QED) is 0.563. The first-order valence-electron chi connectivity index (χ1n) is 4.18. The first kappa shape index (κ1) is 10.5. The third-order valence-corrected chi connectivity index (χ3v) is 1.49. The normalized spacial score (nSPS) is 11.1. The zero-order valence-corrected chi connectivity index (χ0v) is 8.15. The fourth-order valence-electron chi connectivity index (χ4n) is 0.977. The molecule has 0 aliphatic carbocycles. The summed E-state index contributed by atoms with van der Waals surface area (Å²) in [5.74, 6) is 0.177. The largest absolute Gasteiger partial charge is 0.504 e. The smallest absolute Gasteiger partial charge is 0.163 e. The van der Waals surface area contributed by atoms with Crippen molar-refractivity contribution in [2.45, 2.75) is 19.6 Å². The van der Waals surface area contributed by atoms with Crippen LogP contribution in [-0.4, -0.2) is 17.1 Å². The van der Waals surface area contributed by atoms with Crippen LogP contribution in [0.3, 0.4) is 0 Å². The molecule has 1 aromatic carbocycles. The van der Waals surface area contributed by atoms with E-state index in [1.165, 1.54) is 12.1 Å². The van der Waals surface area contributed by atoms with Gasteiger partial charge in [-0.3, -0.25) is 10.5 Å². The monoisotopic (exact) mass is 195 g/mol. The van der Waals surface area contributed by atoms with E-state index in [0.29, 0.717) is 11.8 Å². The van der Waals surface area contributed by atoms with Crippen molar-refractivity contribution in [3.63, 3.8) is 0 Å². The number of carbonyl (C=O) groups excluding carboxylic acids is 1. The number of rotatable bonds is 3. The SMILES string of the molecule is CC(C)(N)Oc1ccc(C=O)cc1O. The molecule has 3 N–H and O–H groups in total. The van der Waals surface area contributed by atoms with Crippen LogP contribution in [0.4, 0.5) is 0 Å². The Balaban J connectivity index is 2.95. The number of benzene rings is 1. The Labute approximate surface area is 82.3 Å². The molecule has 0 radical (unpaired) electrons. The summed E-state index contributed by atoms with van der Waals surface area (Å²) < 4.78 is 5.24. The van der Waals surface area contributed by atoms with Crippen molar-refractivity contribution in [2.75, 3.05) is 0 Å². The molecule has 0 saturated heterocycles. The molecule has 76 valence electrons. The molecule has 4 nitrogen and oxygen atoms in total. The number of hydrogen-bond donors (Lipinski definition) is 2. The zero-order valence-electron chi connectivity index (χ0n) is 8.15. The number of phenolic OH excluding ortho intramolecular Hbond substituents is 1. The Morgan fingerprint density at radius 3 is 2.57 bits per heavy atom. The van der Waals surface area contributed by atoms with Crippen LogP contribution < -0.4 is 10.5 Å². The van der Waals surface area contributed by atoms with Crippen LogP contribution in [-0.2, 0) is 0 Å². The van der Waals surface area contributed by atoms with Gasteiger partial charge in [0, 0.05) is 5.56 Å². The van der Waals surface area contributed by atoms with Crippen LogP contribution in [0.5, 0.6) is 11.5 Å². The standard InChI is InChI=1S/C10H13NO3/c1-10(2,11)14-9-4-3-7(6-12)5-8(9)13/h3-6,13H,11H2,1-2H3. The lowest BCUT2D eigenvalue weighted by molar-refractivity contribution is 0.111. The molecule has 0 amide bonds. The van der Waals surface area contributed by atoms with E-state index in [1.54, 1.807) is 19.9 Å². The van der Waals surface area contributed by atoms with Gasteiger partial charge in [-0.05, 0) is 32.0 Å². The topological polar surface area (TPSA) is 72.5 Å². The predicted molar refractivity (Wildman–Crippen MR) is 52.4 cm³/mol. The number of nitrogens with two attached hydrogens (primary N) is 1. The summed E-state index contributed by atoms with van der Waals surface area (Å²) in [6.07, 6.45) is 0.650. The van der Waals surface area contributed by atoms with E-state index in [-0.39, 0.29) is 11.5 Å². The molecule has 14 heavy (non-hydrogen) atoms. The fourth-order valence-corrected chi connectivity index (χ4v) is 0.977. The predicted octanol–water partition coefficient (Wildman–Crippen LogP) is 1.28. The second-order valence-electron chi connectivity index (χ2n) is 3.55. The highest BCUT2D eigenvalue weighted by Crippen LogP contribution is 2.28. The highest BCUT2D eigenvalue weighted by molar-refractivity contribution is 5.76. The van der Waals surface area contributed by atoms with Crippen molar-refractivity contribution in [1.29, 1.82) is 0 Å². The van der Waals surface area contributed by atoms with Crippen LogP contribution in [0.25, 0.3) is 0 Å². The van der Waals surface area contributed by atoms with E-state index >= 15 is 0 Å². The number of hydrogen-bond acceptors (Lipinski definition) is 4. The van der Waals surface area contributed by atoms with E-state index in [4.69, 9.17) is 10.5 Å². The number of carbonyl (C=O) groups is 1. The van der Waals surface area contributed by atoms with E-state index in [9.17, 15) is 9.90 Å². The number of aromatic hydroxyl groups is 1. The van der Waals surface area contributed by atoms with Crippen molar-refractivity contribution < 1.29 is 14.6 Å². The highest BCUT2D eigenvalue weighted by atomic mass is 16.5. The molecule has 0 spiro atoms. The van der Waals surface area contributed by atoms with Crippen LogP contribution in [0.1, 0.15) is 24.2 Å². The van der Waals surface area contributed by atoms with E-state index < -0.39 is 5.72 Å². The average molecular weight is 195 g/mol. The molecule has 0 atom stereocenters. The van der Waals surface area contributed by atoms with Gasteiger partial charge >= 0.3 is 0 Å². The number of phenols is 1. The van der Waals surface area contributed by atoms with Gasteiger partial charge in [0.2, 0.25) is 0 Å². The summed E-state index contributed by atoms with van der Waals surface area (Å²) in [5.41, 5.74) is 5.14. The first-order chi connectivity index (χ1) is 6.42. The van der Waals surface area contributed by atoms with Crippen LogP contribution >= 0.6 is 0 Å². The van der Waals surface area contributed by atoms with E-state index in [2.05, 4.69) is 0 Å². The molecule has 0 heterocycles. The molecule has 1 aromatic rings. The Morgan fingerprint density at radius 1 is 1.50 bits per heavy atom. The van der Waals surface area contributed by atoms with Gasteiger partial charge in [-0.1, -0.05) is 0 Å². The first-order valence-corrected chi connectivity index (χ1v) is 4.18. The molecule has 0 aliphatic rings. The van der Waals surface area contributed by atoms with Gasteiger partial charge in [0.1, 0.15) is 6.29 Å². The van der Waals surface area contributed by atoms with Crippen LogP contribution in [0.2, 0.25) is 0 Å². The fraction of sp³-hybridized carbons (Fsp3) is 0.300. The van der Waals surface area contributed by atoms with Gasteiger partial charge in [0.25, 0.3) is 0 Å². The molecular weight excluding hydrogens is 182 g/mol. The van der Waals surface area contributed by atoms with Crippen molar-refractivity contribution in [2.24, 2.45) is 5.73 Å². The summed E-state index contributed by atoms with van der Waals surface area (Å²) >= 11 is 0. The van der Waals surface area contributed by atoms with Gasteiger partial charge in [0.15, 0.2) is 17.2 Å². The third kappa shape index (κ3) is 2.74. The molecule has 0 unspecified atom stereocenters. The maximum Gasteiger partial charge on any atom is 0.163 e. The molecule has 0 saturated carbocycles. The van der Waals surface area contributed by atoms with E-state index in [0.717, 1.165) is 0 Å². The summed E-state index contributed by atoms with van der Waals surface area (Å²) in [4.78, 5) is 10.4. The van der Waals surface area contributed by atoms with Crippen molar-refractivity contribution in [3.8, 4) is 11.5 Å². The lowest BCUT2D eigenvalue weighted by Crippen LogP contribution is -2.38. The maximum atomic E-state index is 10.4. The summed E-state index contributed by atoms with van der Waals surface area (Å²) in [5, 5.41) is 9.45. The van der Waals surface area contributed by atoms with E-state index in [1.807, 2.05) is 0 Å². The summed E-state index contributed by atoms with van der Waals surface area (Å²) in [6.45, 7) is 3.33. The molecule has 0 bridgehead atoms. The minimum absolute atomic E-state index is 0.0897. The van der Waals surface area contributed by atoms with Gasteiger partial charge in [-0.2, -0.15) is 0 Å². The Morgan fingerprint density at radius 2 is 2.14 bits per heavy atom. The van der Waals surface area contributed by atoms with Gasteiger partial charge < -0.3 is 9.84 Å². The lowest BCUT2D eigenvalue weighted by atomic mass is 10.2.